The van der Waals surface area contributed by atoms with E-state index in [-0.39, 0.29) is 0 Å². The van der Waals surface area contributed by atoms with Crippen LogP contribution in [0, 0.1) is 17.2 Å². The number of rotatable bonds is 1. The number of anilines is 1. The molecule has 0 atom stereocenters. The van der Waals surface area contributed by atoms with Crippen LogP contribution in [-0.4, -0.2) is 13.1 Å². The summed E-state index contributed by atoms with van der Waals surface area (Å²) in [5.41, 5.74) is 1.66. The summed E-state index contributed by atoms with van der Waals surface area (Å²) in [6, 6.07) is 7.70. The van der Waals surface area contributed by atoms with Crippen LogP contribution >= 0.6 is 11.6 Å². The molecule has 1 heterocycles. The van der Waals surface area contributed by atoms with E-state index in [1.165, 1.54) is 0 Å². The van der Waals surface area contributed by atoms with Crippen LogP contribution < -0.4 is 4.90 Å². The Balaban J connectivity index is 2.24. The van der Waals surface area contributed by atoms with Gasteiger partial charge >= 0.3 is 0 Å². The molecule has 14 heavy (non-hydrogen) atoms. The predicted octanol–water partition coefficient (Wildman–Crippen LogP) is 2.67. The minimum absolute atomic E-state index is 0.532. The van der Waals surface area contributed by atoms with Crippen molar-refractivity contribution in [2.75, 3.05) is 18.0 Å². The maximum Gasteiger partial charge on any atom is 0.101 e. The lowest BCUT2D eigenvalue weighted by molar-refractivity contribution is 0.447. The Morgan fingerprint density at radius 3 is 2.79 bits per heavy atom. The van der Waals surface area contributed by atoms with E-state index in [0.717, 1.165) is 24.7 Å². The van der Waals surface area contributed by atoms with Crippen LogP contribution in [0.25, 0.3) is 0 Å². The van der Waals surface area contributed by atoms with Crippen LogP contribution in [0.15, 0.2) is 18.2 Å². The second kappa shape index (κ2) is 3.51. The topological polar surface area (TPSA) is 27.0 Å². The van der Waals surface area contributed by atoms with E-state index in [2.05, 4.69) is 17.9 Å². The molecule has 0 saturated carbocycles. The maximum absolute atomic E-state index is 8.81. The molecule has 1 aliphatic heterocycles. The minimum atomic E-state index is 0.532. The molecule has 0 aliphatic carbocycles. The largest absolute Gasteiger partial charge is 0.371 e. The highest BCUT2D eigenvalue weighted by Crippen LogP contribution is 2.27. The fourth-order valence-electron chi connectivity index (χ4n) is 1.71. The highest BCUT2D eigenvalue weighted by atomic mass is 35.5. The molecule has 0 aromatic heterocycles. The second-order valence-electron chi connectivity index (χ2n) is 3.79. The Morgan fingerprint density at radius 2 is 2.21 bits per heavy atom. The van der Waals surface area contributed by atoms with Gasteiger partial charge in [-0.15, -0.1) is 0 Å². The molecule has 0 unspecified atom stereocenters. The predicted molar refractivity (Wildman–Crippen MR) is 57.5 cm³/mol. The van der Waals surface area contributed by atoms with E-state index < -0.39 is 0 Å². The molecule has 2 rings (SSSR count). The number of nitrogens with zero attached hydrogens (tertiary/aromatic N) is 2. The van der Waals surface area contributed by atoms with E-state index in [1.807, 2.05) is 12.1 Å². The molecular formula is C11H11ClN2. The van der Waals surface area contributed by atoms with Gasteiger partial charge in [-0.25, -0.2) is 0 Å². The Labute approximate surface area is 88.7 Å². The average molecular weight is 207 g/mol. The van der Waals surface area contributed by atoms with Gasteiger partial charge in [0.05, 0.1) is 10.6 Å². The first-order valence-corrected chi connectivity index (χ1v) is 5.03. The van der Waals surface area contributed by atoms with Gasteiger partial charge < -0.3 is 4.90 Å². The fraction of sp³-hybridized carbons (Fsp3) is 0.364. The summed E-state index contributed by atoms with van der Waals surface area (Å²) in [5.74, 6) is 0.760. The van der Waals surface area contributed by atoms with E-state index in [0.29, 0.717) is 10.6 Å². The van der Waals surface area contributed by atoms with Crippen LogP contribution in [0.1, 0.15) is 12.5 Å². The zero-order valence-corrected chi connectivity index (χ0v) is 8.75. The zero-order valence-electron chi connectivity index (χ0n) is 8.00. The van der Waals surface area contributed by atoms with Gasteiger partial charge in [-0.3, -0.25) is 0 Å². The summed E-state index contributed by atoms with van der Waals surface area (Å²) in [6.07, 6.45) is 0. The first-order chi connectivity index (χ1) is 6.70. The molecule has 1 aromatic carbocycles. The van der Waals surface area contributed by atoms with Gasteiger partial charge in [-0.2, -0.15) is 5.26 Å². The molecule has 0 N–H and O–H groups in total. The van der Waals surface area contributed by atoms with Gasteiger partial charge in [0.2, 0.25) is 0 Å². The van der Waals surface area contributed by atoms with Crippen LogP contribution in [-0.2, 0) is 0 Å². The maximum atomic E-state index is 8.81. The van der Waals surface area contributed by atoms with Gasteiger partial charge in [-0.05, 0) is 24.1 Å². The first kappa shape index (κ1) is 9.36. The number of hydrogen-bond acceptors (Lipinski definition) is 2. The van der Waals surface area contributed by atoms with Crippen molar-refractivity contribution in [3.63, 3.8) is 0 Å². The summed E-state index contributed by atoms with van der Waals surface area (Å²) < 4.78 is 0. The molecule has 1 aliphatic rings. The highest BCUT2D eigenvalue weighted by Gasteiger charge is 2.22. The van der Waals surface area contributed by atoms with Crippen LogP contribution in [0.5, 0.6) is 0 Å². The fourth-order valence-corrected chi connectivity index (χ4v) is 1.87. The molecule has 0 spiro atoms. The lowest BCUT2D eigenvalue weighted by Gasteiger charge is -2.39. The zero-order chi connectivity index (χ0) is 10.1. The summed E-state index contributed by atoms with van der Waals surface area (Å²) >= 11 is 5.85. The van der Waals surface area contributed by atoms with Gasteiger partial charge in [0.1, 0.15) is 6.07 Å². The van der Waals surface area contributed by atoms with Crippen molar-refractivity contribution in [3.05, 3.63) is 28.8 Å². The molecule has 2 nitrogen and oxygen atoms in total. The van der Waals surface area contributed by atoms with Crippen molar-refractivity contribution in [2.24, 2.45) is 5.92 Å². The third-order valence-electron chi connectivity index (χ3n) is 2.50. The highest BCUT2D eigenvalue weighted by molar-refractivity contribution is 6.31. The molecule has 72 valence electrons. The summed E-state index contributed by atoms with van der Waals surface area (Å²) in [4.78, 5) is 2.25. The van der Waals surface area contributed by atoms with Crippen molar-refractivity contribution in [2.45, 2.75) is 6.92 Å². The van der Waals surface area contributed by atoms with E-state index in [1.54, 1.807) is 6.07 Å². The van der Waals surface area contributed by atoms with Crippen LogP contribution in [0.3, 0.4) is 0 Å². The Morgan fingerprint density at radius 1 is 1.50 bits per heavy atom. The van der Waals surface area contributed by atoms with Gasteiger partial charge in [-0.1, -0.05) is 18.5 Å². The molecule has 0 amide bonds. The Hall–Kier alpha value is -1.20. The Kier molecular flexibility index (Phi) is 2.35. The van der Waals surface area contributed by atoms with Crippen molar-refractivity contribution in [3.8, 4) is 6.07 Å². The number of hydrogen-bond donors (Lipinski definition) is 0. The molecule has 1 aromatic rings. The second-order valence-corrected chi connectivity index (χ2v) is 4.19. The summed E-state index contributed by atoms with van der Waals surface area (Å²) in [6.45, 7) is 4.37. The first-order valence-electron chi connectivity index (χ1n) is 4.65. The Bertz CT molecular complexity index is 389. The molecular weight excluding hydrogens is 196 g/mol. The van der Waals surface area contributed by atoms with E-state index in [4.69, 9.17) is 16.9 Å². The summed E-state index contributed by atoms with van der Waals surface area (Å²) in [5, 5.41) is 9.35. The molecule has 3 heteroatoms. The van der Waals surface area contributed by atoms with Crippen LogP contribution in [0.2, 0.25) is 5.02 Å². The summed E-state index contributed by atoms with van der Waals surface area (Å²) in [7, 11) is 0. The third-order valence-corrected chi connectivity index (χ3v) is 2.83. The SMILES string of the molecule is CC1CN(c2ccc(Cl)c(C#N)c2)C1. The smallest absolute Gasteiger partial charge is 0.101 e. The molecule has 1 saturated heterocycles. The van der Waals surface area contributed by atoms with Gasteiger partial charge in [0.15, 0.2) is 0 Å². The lowest BCUT2D eigenvalue weighted by Crippen LogP contribution is -2.45. The van der Waals surface area contributed by atoms with Crippen molar-refractivity contribution >= 4 is 17.3 Å². The monoisotopic (exact) mass is 206 g/mol. The number of nitriles is 1. The number of benzene rings is 1. The average Bonchev–Trinajstić information content (AvgIpc) is 2.14. The van der Waals surface area contributed by atoms with Gasteiger partial charge in [0.25, 0.3) is 0 Å². The van der Waals surface area contributed by atoms with Crippen molar-refractivity contribution in [1.29, 1.82) is 5.26 Å². The normalized spacial score (nSPS) is 16.2. The lowest BCUT2D eigenvalue weighted by atomic mass is 10.0. The molecule has 1 fully saturated rings. The van der Waals surface area contributed by atoms with Gasteiger partial charge in [0, 0.05) is 18.8 Å². The van der Waals surface area contributed by atoms with E-state index >= 15 is 0 Å². The molecule has 0 bridgehead atoms. The minimum Gasteiger partial charge on any atom is -0.371 e. The molecule has 0 radical (unpaired) electrons. The standard InChI is InChI=1S/C11H11ClN2/c1-8-6-14(7-8)10-2-3-11(12)9(4-10)5-13/h2-4,8H,6-7H2,1H3. The quantitative estimate of drug-likeness (QED) is 0.707. The van der Waals surface area contributed by atoms with Crippen molar-refractivity contribution < 1.29 is 0 Å². The number of halogens is 1. The van der Waals surface area contributed by atoms with Crippen molar-refractivity contribution in [1.82, 2.24) is 0 Å². The van der Waals surface area contributed by atoms with Crippen LogP contribution in [0.4, 0.5) is 5.69 Å². The van der Waals surface area contributed by atoms with E-state index in [9.17, 15) is 0 Å². The third kappa shape index (κ3) is 1.56.